The lowest BCUT2D eigenvalue weighted by molar-refractivity contribution is 0.0589. The number of hydrogen-bond donors (Lipinski definition) is 2. The van der Waals surface area contributed by atoms with Gasteiger partial charge in [0.2, 0.25) is 5.88 Å². The summed E-state index contributed by atoms with van der Waals surface area (Å²) in [6, 6.07) is 4.70. The first-order chi connectivity index (χ1) is 15.0. The van der Waals surface area contributed by atoms with Gasteiger partial charge in [0.15, 0.2) is 0 Å². The Hall–Kier alpha value is -3.37. The molecule has 162 valence electrons. The summed E-state index contributed by atoms with van der Waals surface area (Å²) in [6.45, 7) is 4.89. The number of aliphatic hydroxyl groups is 1. The molecule has 0 spiro atoms. The molecule has 0 aliphatic carbocycles. The monoisotopic (exact) mass is 424 g/mol. The van der Waals surface area contributed by atoms with Gasteiger partial charge in [0.25, 0.3) is 5.91 Å². The minimum Gasteiger partial charge on any atom is -0.477 e. The second kappa shape index (κ2) is 8.78. The molecule has 10 heteroatoms. The number of nitrogens with zero attached hydrogens (tertiary/aromatic N) is 5. The molecule has 0 saturated heterocycles. The van der Waals surface area contributed by atoms with Crippen molar-refractivity contribution < 1.29 is 19.4 Å². The fourth-order valence-electron chi connectivity index (χ4n) is 3.50. The van der Waals surface area contributed by atoms with Gasteiger partial charge in [0.1, 0.15) is 11.5 Å². The summed E-state index contributed by atoms with van der Waals surface area (Å²) >= 11 is 0. The summed E-state index contributed by atoms with van der Waals surface area (Å²) < 4.78 is 10.8. The highest BCUT2D eigenvalue weighted by Gasteiger charge is 2.25. The molecule has 1 atom stereocenters. The zero-order valence-electron chi connectivity index (χ0n) is 17.4. The average molecular weight is 424 g/mol. The van der Waals surface area contributed by atoms with Crippen molar-refractivity contribution in [2.45, 2.75) is 39.6 Å². The van der Waals surface area contributed by atoms with Crippen LogP contribution in [0.5, 0.6) is 5.88 Å². The molecule has 1 aliphatic rings. The molecule has 3 aromatic rings. The first kappa shape index (κ1) is 20.9. The maximum atomic E-state index is 13.3. The molecule has 0 aromatic carbocycles. The minimum atomic E-state index is -0.447. The molecular formula is C21H24N6O4. The molecule has 3 aromatic heterocycles. The standard InChI is InChI=1S/C21H24N6O4/c1-3-31-19-5-4-13(25-26-19)8-27(12(2)9-28)21(29)17-6-14-15-10-30-11-16(15)20(22)24-18(14)7-23-17/h4-7,12,28H,3,8-11H2,1-2H3,(H2,22,24)/t12-/m1/s1. The summed E-state index contributed by atoms with van der Waals surface area (Å²) in [5.41, 5.74) is 9.21. The zero-order chi connectivity index (χ0) is 22.0. The molecule has 3 N–H and O–H groups in total. The Morgan fingerprint density at radius 1 is 1.32 bits per heavy atom. The van der Waals surface area contributed by atoms with Gasteiger partial charge in [-0.15, -0.1) is 5.10 Å². The van der Waals surface area contributed by atoms with E-state index in [-0.39, 0.29) is 24.8 Å². The van der Waals surface area contributed by atoms with Crippen molar-refractivity contribution >= 4 is 22.6 Å². The number of carbonyl (C=O) groups is 1. The van der Waals surface area contributed by atoms with E-state index >= 15 is 0 Å². The van der Waals surface area contributed by atoms with Crippen molar-refractivity contribution in [2.24, 2.45) is 0 Å². The van der Waals surface area contributed by atoms with Crippen molar-refractivity contribution in [1.29, 1.82) is 0 Å². The molecule has 1 amide bonds. The Balaban J connectivity index is 1.65. The highest BCUT2D eigenvalue weighted by atomic mass is 16.5. The van der Waals surface area contributed by atoms with Crippen LogP contribution in [0.1, 0.15) is 41.2 Å². The van der Waals surface area contributed by atoms with Gasteiger partial charge >= 0.3 is 0 Å². The molecule has 0 fully saturated rings. The van der Waals surface area contributed by atoms with Crippen LogP contribution in [0.15, 0.2) is 24.4 Å². The van der Waals surface area contributed by atoms with Crippen molar-refractivity contribution in [3.05, 3.63) is 46.9 Å². The fourth-order valence-corrected chi connectivity index (χ4v) is 3.50. The Bertz CT molecular complexity index is 1110. The zero-order valence-corrected chi connectivity index (χ0v) is 17.4. The SMILES string of the molecule is CCOc1ccc(CN(C(=O)c2cc3c4c(c(N)nc3cn2)COC4)[C@H](C)CO)nn1. The van der Waals surface area contributed by atoms with Crippen LogP contribution in [0.25, 0.3) is 10.9 Å². The van der Waals surface area contributed by atoms with E-state index in [9.17, 15) is 9.90 Å². The normalized spacial score (nSPS) is 13.8. The number of rotatable bonds is 7. The second-order valence-corrected chi connectivity index (χ2v) is 7.29. The lowest BCUT2D eigenvalue weighted by Gasteiger charge is -2.27. The lowest BCUT2D eigenvalue weighted by atomic mass is 10.1. The summed E-state index contributed by atoms with van der Waals surface area (Å²) in [7, 11) is 0. The number of nitrogen functional groups attached to an aromatic ring is 1. The Morgan fingerprint density at radius 3 is 2.84 bits per heavy atom. The number of carbonyl (C=O) groups excluding carboxylic acids is 1. The van der Waals surface area contributed by atoms with E-state index in [0.29, 0.717) is 42.7 Å². The molecule has 0 unspecified atom stereocenters. The van der Waals surface area contributed by atoms with E-state index in [2.05, 4.69) is 20.2 Å². The van der Waals surface area contributed by atoms with Gasteiger partial charge in [-0.1, -0.05) is 0 Å². The largest absolute Gasteiger partial charge is 0.477 e. The first-order valence-electron chi connectivity index (χ1n) is 10.0. The average Bonchev–Trinajstić information content (AvgIpc) is 3.29. The topological polar surface area (TPSA) is 137 Å². The Kier molecular flexibility index (Phi) is 5.92. The summed E-state index contributed by atoms with van der Waals surface area (Å²) in [5.74, 6) is 0.507. The maximum Gasteiger partial charge on any atom is 0.273 e. The van der Waals surface area contributed by atoms with Crippen molar-refractivity contribution in [2.75, 3.05) is 18.9 Å². The molecule has 10 nitrogen and oxygen atoms in total. The molecule has 0 saturated carbocycles. The Labute approximate surface area is 179 Å². The molecule has 31 heavy (non-hydrogen) atoms. The highest BCUT2D eigenvalue weighted by Crippen LogP contribution is 2.31. The van der Waals surface area contributed by atoms with E-state index in [0.717, 1.165) is 16.5 Å². The van der Waals surface area contributed by atoms with Gasteiger partial charge in [-0.25, -0.2) is 9.97 Å². The molecule has 4 rings (SSSR count). The van der Waals surface area contributed by atoms with Crippen molar-refractivity contribution in [3.8, 4) is 5.88 Å². The summed E-state index contributed by atoms with van der Waals surface area (Å²) in [4.78, 5) is 23.5. The number of ether oxygens (including phenoxy) is 2. The smallest absolute Gasteiger partial charge is 0.273 e. The fraction of sp³-hybridized carbons (Fsp3) is 0.381. The maximum absolute atomic E-state index is 13.3. The van der Waals surface area contributed by atoms with Crippen LogP contribution in [-0.4, -0.2) is 55.3 Å². The number of fused-ring (bicyclic) bond motifs is 3. The number of nitrogens with two attached hydrogens (primary N) is 1. The number of aliphatic hydroxyl groups excluding tert-OH is 1. The minimum absolute atomic E-state index is 0.168. The molecule has 1 aliphatic heterocycles. The third-order valence-corrected chi connectivity index (χ3v) is 5.21. The van der Waals surface area contributed by atoms with Crippen LogP contribution in [0.3, 0.4) is 0 Å². The lowest BCUT2D eigenvalue weighted by Crippen LogP contribution is -2.40. The third kappa shape index (κ3) is 4.12. The predicted molar refractivity (Wildman–Crippen MR) is 112 cm³/mol. The number of hydrogen-bond acceptors (Lipinski definition) is 9. The van der Waals surface area contributed by atoms with Crippen LogP contribution in [0.4, 0.5) is 5.82 Å². The summed E-state index contributed by atoms with van der Waals surface area (Å²) in [5, 5.41) is 18.6. The number of anilines is 1. The molecular weight excluding hydrogens is 400 g/mol. The van der Waals surface area contributed by atoms with E-state index in [4.69, 9.17) is 15.2 Å². The highest BCUT2D eigenvalue weighted by molar-refractivity contribution is 5.97. The van der Waals surface area contributed by atoms with E-state index in [1.165, 1.54) is 11.1 Å². The summed E-state index contributed by atoms with van der Waals surface area (Å²) in [6.07, 6.45) is 1.54. The van der Waals surface area contributed by atoms with Gasteiger partial charge in [0.05, 0.1) is 56.4 Å². The van der Waals surface area contributed by atoms with Crippen molar-refractivity contribution in [3.63, 3.8) is 0 Å². The van der Waals surface area contributed by atoms with E-state index < -0.39 is 6.04 Å². The van der Waals surface area contributed by atoms with Crippen LogP contribution < -0.4 is 10.5 Å². The molecule has 0 bridgehead atoms. The van der Waals surface area contributed by atoms with Gasteiger partial charge in [-0.2, -0.15) is 5.10 Å². The van der Waals surface area contributed by atoms with Crippen LogP contribution in [-0.2, 0) is 24.5 Å². The molecule has 4 heterocycles. The quantitative estimate of drug-likeness (QED) is 0.577. The van der Waals surface area contributed by atoms with Gasteiger partial charge < -0.3 is 25.2 Å². The first-order valence-corrected chi connectivity index (χ1v) is 10.0. The van der Waals surface area contributed by atoms with Crippen LogP contribution >= 0.6 is 0 Å². The second-order valence-electron chi connectivity index (χ2n) is 7.29. The van der Waals surface area contributed by atoms with Crippen LogP contribution in [0.2, 0.25) is 0 Å². The number of aromatic nitrogens is 4. The predicted octanol–water partition coefficient (Wildman–Crippen LogP) is 1.45. The number of pyridine rings is 2. The van der Waals surface area contributed by atoms with Crippen LogP contribution in [0, 0.1) is 0 Å². The molecule has 0 radical (unpaired) electrons. The van der Waals surface area contributed by atoms with Gasteiger partial charge in [-0.3, -0.25) is 4.79 Å². The third-order valence-electron chi connectivity index (χ3n) is 5.21. The van der Waals surface area contributed by atoms with E-state index in [1.54, 1.807) is 25.1 Å². The van der Waals surface area contributed by atoms with E-state index in [1.807, 2.05) is 6.92 Å². The van der Waals surface area contributed by atoms with Gasteiger partial charge in [0, 0.05) is 17.0 Å². The number of amides is 1. The van der Waals surface area contributed by atoms with Crippen molar-refractivity contribution in [1.82, 2.24) is 25.1 Å². The van der Waals surface area contributed by atoms with Gasteiger partial charge in [-0.05, 0) is 31.5 Å². The Morgan fingerprint density at radius 2 is 2.13 bits per heavy atom.